The Bertz CT molecular complexity index is 973. The summed E-state index contributed by atoms with van der Waals surface area (Å²) in [4.78, 5) is 0. The van der Waals surface area contributed by atoms with Crippen LogP contribution in [-0.2, 0) is 13.2 Å². The number of nitrogens with one attached hydrogen (secondary N) is 1. The SMILES string of the molecule is COc1cc(CNc2cc(C)ccc2C)ccc1OCc1ccc(Cl)cc1Cl. The van der Waals surface area contributed by atoms with Crippen molar-refractivity contribution in [1.82, 2.24) is 0 Å². The fourth-order valence-electron chi connectivity index (χ4n) is 2.86. The molecule has 0 bridgehead atoms. The van der Waals surface area contributed by atoms with E-state index < -0.39 is 0 Å². The molecule has 0 amide bonds. The monoisotopic (exact) mass is 415 g/mol. The zero-order valence-corrected chi connectivity index (χ0v) is 17.7. The molecule has 28 heavy (non-hydrogen) atoms. The fourth-order valence-corrected chi connectivity index (χ4v) is 3.32. The van der Waals surface area contributed by atoms with Crippen LogP contribution in [0.4, 0.5) is 5.69 Å². The first-order valence-corrected chi connectivity index (χ1v) is 9.76. The predicted molar refractivity (Wildman–Crippen MR) is 117 cm³/mol. The molecule has 0 aliphatic rings. The average Bonchev–Trinajstić information content (AvgIpc) is 2.68. The van der Waals surface area contributed by atoms with Crippen molar-refractivity contribution in [2.24, 2.45) is 0 Å². The molecule has 0 aliphatic carbocycles. The summed E-state index contributed by atoms with van der Waals surface area (Å²) in [7, 11) is 1.64. The summed E-state index contributed by atoms with van der Waals surface area (Å²) in [6.07, 6.45) is 0. The summed E-state index contributed by atoms with van der Waals surface area (Å²) in [5.41, 5.74) is 5.56. The maximum Gasteiger partial charge on any atom is 0.161 e. The highest BCUT2D eigenvalue weighted by Crippen LogP contribution is 2.30. The number of ether oxygens (including phenoxy) is 2. The van der Waals surface area contributed by atoms with Gasteiger partial charge >= 0.3 is 0 Å². The molecule has 0 aliphatic heterocycles. The molecule has 0 fully saturated rings. The standard InChI is InChI=1S/C23H23Cl2NO2/c1-15-4-5-16(2)21(10-15)26-13-17-6-9-22(23(11-17)27-3)28-14-18-7-8-19(24)12-20(18)25/h4-12,26H,13-14H2,1-3H3. The number of hydrogen-bond acceptors (Lipinski definition) is 3. The van der Waals surface area contributed by atoms with E-state index in [-0.39, 0.29) is 0 Å². The van der Waals surface area contributed by atoms with Crippen molar-refractivity contribution in [3.05, 3.63) is 86.9 Å². The summed E-state index contributed by atoms with van der Waals surface area (Å²) >= 11 is 12.2. The van der Waals surface area contributed by atoms with Crippen LogP contribution in [0.2, 0.25) is 10.0 Å². The van der Waals surface area contributed by atoms with Gasteiger partial charge in [-0.05, 0) is 60.9 Å². The smallest absolute Gasteiger partial charge is 0.161 e. The number of methoxy groups -OCH3 is 1. The molecule has 146 valence electrons. The van der Waals surface area contributed by atoms with Crippen molar-refractivity contribution in [3.8, 4) is 11.5 Å². The molecule has 3 nitrogen and oxygen atoms in total. The van der Waals surface area contributed by atoms with Gasteiger partial charge in [0.05, 0.1) is 7.11 Å². The van der Waals surface area contributed by atoms with E-state index in [0.717, 1.165) is 16.8 Å². The van der Waals surface area contributed by atoms with Gasteiger partial charge in [-0.3, -0.25) is 0 Å². The van der Waals surface area contributed by atoms with Gasteiger partial charge in [-0.25, -0.2) is 0 Å². The summed E-state index contributed by atoms with van der Waals surface area (Å²) in [5, 5.41) is 4.67. The number of aryl methyl sites for hydroxylation is 2. The Hall–Kier alpha value is -2.36. The van der Waals surface area contributed by atoms with Crippen LogP contribution in [0.25, 0.3) is 0 Å². The molecule has 3 aromatic carbocycles. The first kappa shape index (κ1) is 20.4. The van der Waals surface area contributed by atoms with Gasteiger partial charge in [0.25, 0.3) is 0 Å². The molecule has 0 radical (unpaired) electrons. The van der Waals surface area contributed by atoms with Gasteiger partial charge in [0.2, 0.25) is 0 Å². The third-order valence-corrected chi connectivity index (χ3v) is 5.09. The lowest BCUT2D eigenvalue weighted by molar-refractivity contribution is 0.284. The number of benzene rings is 3. The number of hydrogen-bond donors (Lipinski definition) is 1. The van der Waals surface area contributed by atoms with Crippen molar-refractivity contribution >= 4 is 28.9 Å². The van der Waals surface area contributed by atoms with E-state index in [0.29, 0.717) is 34.7 Å². The van der Waals surface area contributed by atoms with Crippen LogP contribution in [-0.4, -0.2) is 7.11 Å². The van der Waals surface area contributed by atoms with E-state index in [1.165, 1.54) is 11.1 Å². The minimum atomic E-state index is 0.340. The highest BCUT2D eigenvalue weighted by Gasteiger charge is 2.09. The lowest BCUT2D eigenvalue weighted by atomic mass is 10.1. The average molecular weight is 416 g/mol. The minimum absolute atomic E-state index is 0.340. The van der Waals surface area contributed by atoms with E-state index in [9.17, 15) is 0 Å². The summed E-state index contributed by atoms with van der Waals surface area (Å²) in [6.45, 7) is 5.23. The van der Waals surface area contributed by atoms with Gasteiger partial charge in [0.1, 0.15) is 6.61 Å². The second-order valence-corrected chi connectivity index (χ2v) is 7.53. The molecular weight excluding hydrogens is 393 g/mol. The summed E-state index contributed by atoms with van der Waals surface area (Å²) in [6, 6.07) is 17.7. The lowest BCUT2D eigenvalue weighted by Crippen LogP contribution is -2.03. The Morgan fingerprint density at radius 1 is 0.893 bits per heavy atom. The second-order valence-electron chi connectivity index (χ2n) is 6.68. The van der Waals surface area contributed by atoms with Crippen molar-refractivity contribution < 1.29 is 9.47 Å². The molecular formula is C23H23Cl2NO2. The van der Waals surface area contributed by atoms with Crippen LogP contribution in [0.5, 0.6) is 11.5 Å². The quantitative estimate of drug-likeness (QED) is 0.459. The van der Waals surface area contributed by atoms with Crippen molar-refractivity contribution in [3.63, 3.8) is 0 Å². The Kier molecular flexibility index (Phi) is 6.71. The van der Waals surface area contributed by atoms with Crippen LogP contribution in [0.15, 0.2) is 54.6 Å². The maximum atomic E-state index is 6.21. The predicted octanol–water partition coefficient (Wildman–Crippen LogP) is 6.81. The highest BCUT2D eigenvalue weighted by atomic mass is 35.5. The van der Waals surface area contributed by atoms with Crippen LogP contribution < -0.4 is 14.8 Å². The van der Waals surface area contributed by atoms with Crippen LogP contribution in [0.3, 0.4) is 0 Å². The molecule has 3 aromatic rings. The Balaban J connectivity index is 1.68. The summed E-state index contributed by atoms with van der Waals surface area (Å²) in [5.74, 6) is 1.36. The fraction of sp³-hybridized carbons (Fsp3) is 0.217. The third-order valence-electron chi connectivity index (χ3n) is 4.50. The van der Waals surface area contributed by atoms with E-state index in [1.54, 1.807) is 19.2 Å². The first-order valence-electron chi connectivity index (χ1n) is 9.01. The van der Waals surface area contributed by atoms with E-state index in [2.05, 4.69) is 37.4 Å². The van der Waals surface area contributed by atoms with Crippen molar-refractivity contribution in [2.75, 3.05) is 12.4 Å². The Labute approximate surface area is 176 Å². The first-order chi connectivity index (χ1) is 13.5. The molecule has 0 unspecified atom stereocenters. The van der Waals surface area contributed by atoms with E-state index >= 15 is 0 Å². The topological polar surface area (TPSA) is 30.5 Å². The van der Waals surface area contributed by atoms with Crippen molar-refractivity contribution in [1.29, 1.82) is 0 Å². The molecule has 0 aromatic heterocycles. The molecule has 1 N–H and O–H groups in total. The summed E-state index contributed by atoms with van der Waals surface area (Å²) < 4.78 is 11.4. The zero-order chi connectivity index (χ0) is 20.1. The number of halogens is 2. The zero-order valence-electron chi connectivity index (χ0n) is 16.2. The van der Waals surface area contributed by atoms with Crippen LogP contribution >= 0.6 is 23.2 Å². The molecule has 0 heterocycles. The number of rotatable bonds is 7. The van der Waals surface area contributed by atoms with Crippen molar-refractivity contribution in [2.45, 2.75) is 27.0 Å². The lowest BCUT2D eigenvalue weighted by Gasteiger charge is -2.14. The van der Waals surface area contributed by atoms with Gasteiger partial charge < -0.3 is 14.8 Å². The van der Waals surface area contributed by atoms with Gasteiger partial charge in [-0.1, -0.05) is 47.5 Å². The van der Waals surface area contributed by atoms with E-state index in [1.807, 2.05) is 24.3 Å². The second kappa shape index (κ2) is 9.22. The van der Waals surface area contributed by atoms with Gasteiger partial charge in [-0.15, -0.1) is 0 Å². The maximum absolute atomic E-state index is 6.21. The van der Waals surface area contributed by atoms with Gasteiger partial charge in [0, 0.05) is 27.8 Å². The molecule has 0 saturated heterocycles. The van der Waals surface area contributed by atoms with Crippen LogP contribution in [0, 0.1) is 13.8 Å². The van der Waals surface area contributed by atoms with E-state index in [4.69, 9.17) is 32.7 Å². The third kappa shape index (κ3) is 5.12. The Morgan fingerprint density at radius 2 is 1.71 bits per heavy atom. The van der Waals surface area contributed by atoms with Gasteiger partial charge in [-0.2, -0.15) is 0 Å². The molecule has 5 heteroatoms. The molecule has 0 atom stereocenters. The Morgan fingerprint density at radius 3 is 2.46 bits per heavy atom. The molecule has 0 spiro atoms. The molecule has 3 rings (SSSR count). The van der Waals surface area contributed by atoms with Gasteiger partial charge in [0.15, 0.2) is 11.5 Å². The number of anilines is 1. The largest absolute Gasteiger partial charge is 0.493 e. The normalized spacial score (nSPS) is 10.6. The van der Waals surface area contributed by atoms with Crippen LogP contribution in [0.1, 0.15) is 22.3 Å². The molecule has 0 saturated carbocycles. The minimum Gasteiger partial charge on any atom is -0.493 e. The highest BCUT2D eigenvalue weighted by molar-refractivity contribution is 6.35.